The number of benzene rings is 2. The molecule has 24 heavy (non-hydrogen) atoms. The number of para-hydroxylation sites is 1. The average molecular weight is 324 g/mol. The van der Waals surface area contributed by atoms with Crippen LogP contribution in [0.15, 0.2) is 67.3 Å². The van der Waals surface area contributed by atoms with Gasteiger partial charge in [0.15, 0.2) is 0 Å². The van der Waals surface area contributed by atoms with Crippen molar-refractivity contribution in [2.24, 2.45) is 0 Å². The third-order valence-electron chi connectivity index (χ3n) is 3.67. The minimum Gasteiger partial charge on any atom is -0.496 e. The molecule has 0 atom stereocenters. The summed E-state index contributed by atoms with van der Waals surface area (Å²) in [4.78, 5) is 14.3. The molecule has 0 bridgehead atoms. The van der Waals surface area contributed by atoms with Gasteiger partial charge in [0.2, 0.25) is 5.91 Å². The summed E-state index contributed by atoms with van der Waals surface area (Å²) in [5.41, 5.74) is 2.14. The highest BCUT2D eigenvalue weighted by Gasteiger charge is 2.11. The Kier molecular flexibility index (Phi) is 7.05. The van der Waals surface area contributed by atoms with Crippen LogP contribution in [0.4, 0.5) is 0 Å². The van der Waals surface area contributed by atoms with Gasteiger partial charge < -0.3 is 10.1 Å². The summed E-state index contributed by atoms with van der Waals surface area (Å²) in [6.45, 7) is 5.94. The van der Waals surface area contributed by atoms with E-state index in [1.54, 1.807) is 7.11 Å². The Hall–Kier alpha value is -2.59. The molecule has 126 valence electrons. The van der Waals surface area contributed by atoms with Crippen molar-refractivity contribution in [3.8, 4) is 5.75 Å². The first kappa shape index (κ1) is 17.8. The van der Waals surface area contributed by atoms with Crippen LogP contribution in [0.5, 0.6) is 5.75 Å². The molecule has 0 radical (unpaired) electrons. The zero-order valence-electron chi connectivity index (χ0n) is 14.1. The van der Waals surface area contributed by atoms with Gasteiger partial charge in [0.1, 0.15) is 5.75 Å². The van der Waals surface area contributed by atoms with Crippen LogP contribution in [-0.2, 0) is 17.9 Å². The molecule has 0 aliphatic heterocycles. The standard InChI is InChI=1S/C20H24N2O2/c1-3-13-22(15-17-9-5-4-6-10-17)16-20(23)21-14-18-11-7-8-12-19(18)24-2/h3-12H,1,13-16H2,2H3,(H,21,23). The number of carbonyl (C=O) groups is 1. The van der Waals surface area contributed by atoms with E-state index in [0.717, 1.165) is 17.9 Å². The number of amides is 1. The average Bonchev–Trinajstić information content (AvgIpc) is 2.61. The van der Waals surface area contributed by atoms with Crippen molar-refractivity contribution >= 4 is 5.91 Å². The highest BCUT2D eigenvalue weighted by atomic mass is 16.5. The number of nitrogens with zero attached hydrogens (tertiary/aromatic N) is 1. The fraction of sp³-hybridized carbons (Fsp3) is 0.250. The van der Waals surface area contributed by atoms with E-state index >= 15 is 0 Å². The largest absolute Gasteiger partial charge is 0.496 e. The van der Waals surface area contributed by atoms with Gasteiger partial charge >= 0.3 is 0 Å². The Bertz CT molecular complexity index is 656. The lowest BCUT2D eigenvalue weighted by atomic mass is 10.2. The molecule has 0 heterocycles. The highest BCUT2D eigenvalue weighted by molar-refractivity contribution is 5.78. The van der Waals surface area contributed by atoms with Crippen LogP contribution < -0.4 is 10.1 Å². The summed E-state index contributed by atoms with van der Waals surface area (Å²) in [5.74, 6) is 0.767. The van der Waals surface area contributed by atoms with Crippen LogP contribution in [0.25, 0.3) is 0 Å². The number of ether oxygens (including phenoxy) is 1. The van der Waals surface area contributed by atoms with Gasteiger partial charge in [0.25, 0.3) is 0 Å². The van der Waals surface area contributed by atoms with E-state index in [9.17, 15) is 4.79 Å². The number of rotatable bonds is 9. The number of carbonyl (C=O) groups excluding carboxylic acids is 1. The molecule has 0 saturated carbocycles. The van der Waals surface area contributed by atoms with Crippen molar-refractivity contribution in [1.82, 2.24) is 10.2 Å². The van der Waals surface area contributed by atoms with E-state index in [4.69, 9.17) is 4.74 Å². The third kappa shape index (κ3) is 5.56. The molecule has 0 spiro atoms. The maximum Gasteiger partial charge on any atom is 0.234 e. The first-order valence-electron chi connectivity index (χ1n) is 7.98. The molecular weight excluding hydrogens is 300 g/mol. The highest BCUT2D eigenvalue weighted by Crippen LogP contribution is 2.16. The quantitative estimate of drug-likeness (QED) is 0.721. The number of nitrogens with one attached hydrogen (secondary N) is 1. The summed E-state index contributed by atoms with van der Waals surface area (Å²) < 4.78 is 5.30. The van der Waals surface area contributed by atoms with Crippen molar-refractivity contribution in [2.75, 3.05) is 20.2 Å². The lowest BCUT2D eigenvalue weighted by Gasteiger charge is -2.20. The van der Waals surface area contributed by atoms with Gasteiger partial charge in [0, 0.05) is 25.2 Å². The fourth-order valence-electron chi connectivity index (χ4n) is 2.51. The zero-order chi connectivity index (χ0) is 17.2. The van der Waals surface area contributed by atoms with Crippen molar-refractivity contribution in [2.45, 2.75) is 13.1 Å². The number of methoxy groups -OCH3 is 1. The molecule has 1 amide bonds. The number of hydrogen-bond acceptors (Lipinski definition) is 3. The van der Waals surface area contributed by atoms with E-state index in [1.165, 1.54) is 5.56 Å². The molecule has 2 aromatic carbocycles. The topological polar surface area (TPSA) is 41.6 Å². The Labute approximate surface area is 143 Å². The van der Waals surface area contributed by atoms with Gasteiger partial charge in [-0.25, -0.2) is 0 Å². The van der Waals surface area contributed by atoms with E-state index < -0.39 is 0 Å². The first-order valence-corrected chi connectivity index (χ1v) is 7.98. The summed E-state index contributed by atoms with van der Waals surface area (Å²) in [7, 11) is 1.63. The zero-order valence-corrected chi connectivity index (χ0v) is 14.1. The van der Waals surface area contributed by atoms with Gasteiger partial charge in [-0.05, 0) is 11.6 Å². The minimum absolute atomic E-state index is 0.0151. The smallest absolute Gasteiger partial charge is 0.234 e. The second kappa shape index (κ2) is 9.53. The molecule has 2 aromatic rings. The Morgan fingerprint density at radius 1 is 1.17 bits per heavy atom. The lowest BCUT2D eigenvalue weighted by molar-refractivity contribution is -0.122. The monoisotopic (exact) mass is 324 g/mol. The maximum absolute atomic E-state index is 12.3. The first-order chi connectivity index (χ1) is 11.7. The predicted molar refractivity (Wildman–Crippen MR) is 96.8 cm³/mol. The van der Waals surface area contributed by atoms with Gasteiger partial charge in [-0.3, -0.25) is 9.69 Å². The Morgan fingerprint density at radius 3 is 2.58 bits per heavy atom. The van der Waals surface area contributed by atoms with Crippen molar-refractivity contribution in [1.29, 1.82) is 0 Å². The molecule has 1 N–H and O–H groups in total. The Balaban J connectivity index is 1.89. The molecule has 0 aliphatic carbocycles. The summed E-state index contributed by atoms with van der Waals surface area (Å²) >= 11 is 0. The second-order valence-electron chi connectivity index (χ2n) is 5.53. The van der Waals surface area contributed by atoms with Crippen LogP contribution in [0, 0.1) is 0 Å². The molecule has 0 saturated heterocycles. The fourth-order valence-corrected chi connectivity index (χ4v) is 2.51. The molecule has 4 heteroatoms. The molecular formula is C20H24N2O2. The minimum atomic E-state index is -0.0151. The second-order valence-corrected chi connectivity index (χ2v) is 5.53. The van der Waals surface area contributed by atoms with Gasteiger partial charge in [-0.1, -0.05) is 54.6 Å². The SMILES string of the molecule is C=CCN(CC(=O)NCc1ccccc1OC)Cc1ccccc1. The van der Waals surface area contributed by atoms with Gasteiger partial charge in [-0.2, -0.15) is 0 Å². The Morgan fingerprint density at radius 2 is 1.88 bits per heavy atom. The van der Waals surface area contributed by atoms with E-state index in [0.29, 0.717) is 19.6 Å². The van der Waals surface area contributed by atoms with Crippen molar-refractivity contribution in [3.05, 3.63) is 78.4 Å². The normalized spacial score (nSPS) is 10.4. The van der Waals surface area contributed by atoms with Gasteiger partial charge in [-0.15, -0.1) is 6.58 Å². The summed E-state index contributed by atoms with van der Waals surface area (Å²) in [6, 6.07) is 17.8. The van der Waals surface area contributed by atoms with Gasteiger partial charge in [0.05, 0.1) is 13.7 Å². The van der Waals surface area contributed by atoms with Crippen LogP contribution in [-0.4, -0.2) is 31.0 Å². The van der Waals surface area contributed by atoms with E-state index in [-0.39, 0.29) is 5.91 Å². The van der Waals surface area contributed by atoms with Crippen molar-refractivity contribution in [3.63, 3.8) is 0 Å². The molecule has 2 rings (SSSR count). The van der Waals surface area contributed by atoms with Crippen LogP contribution in [0.2, 0.25) is 0 Å². The van der Waals surface area contributed by atoms with E-state index in [2.05, 4.69) is 28.9 Å². The molecule has 4 nitrogen and oxygen atoms in total. The number of hydrogen-bond donors (Lipinski definition) is 1. The predicted octanol–water partition coefficient (Wildman–Crippen LogP) is 3.00. The lowest BCUT2D eigenvalue weighted by Crippen LogP contribution is -2.36. The third-order valence-corrected chi connectivity index (χ3v) is 3.67. The molecule has 0 aliphatic rings. The van der Waals surface area contributed by atoms with Crippen LogP contribution in [0.1, 0.15) is 11.1 Å². The molecule has 0 unspecified atom stereocenters. The van der Waals surface area contributed by atoms with Crippen LogP contribution in [0.3, 0.4) is 0 Å². The summed E-state index contributed by atoms with van der Waals surface area (Å²) in [5, 5.41) is 2.95. The molecule has 0 aromatic heterocycles. The molecule has 0 fully saturated rings. The summed E-state index contributed by atoms with van der Waals surface area (Å²) in [6.07, 6.45) is 1.82. The maximum atomic E-state index is 12.3. The van der Waals surface area contributed by atoms with E-state index in [1.807, 2.05) is 48.5 Å². The van der Waals surface area contributed by atoms with Crippen LogP contribution >= 0.6 is 0 Å². The van der Waals surface area contributed by atoms with Crippen molar-refractivity contribution < 1.29 is 9.53 Å².